The van der Waals surface area contributed by atoms with Crippen molar-refractivity contribution in [2.75, 3.05) is 36.0 Å². The number of nitrogens with one attached hydrogen (secondary N) is 1. The molecule has 4 rings (SSSR count). The van der Waals surface area contributed by atoms with Gasteiger partial charge in [0.25, 0.3) is 12.0 Å². The molecule has 0 amide bonds. The molecule has 11 heteroatoms. The predicted molar refractivity (Wildman–Crippen MR) is 95.3 cm³/mol. The molecule has 3 aromatic heterocycles. The van der Waals surface area contributed by atoms with Crippen LogP contribution in [0.1, 0.15) is 17.9 Å². The summed E-state index contributed by atoms with van der Waals surface area (Å²) in [6, 6.07) is 0.827. The lowest BCUT2D eigenvalue weighted by Crippen LogP contribution is -2.48. The molecule has 0 spiro atoms. The molecule has 0 atom stereocenters. The smallest absolute Gasteiger partial charge is 0.280 e. The van der Waals surface area contributed by atoms with Crippen LogP contribution in [0.2, 0.25) is 0 Å². The van der Waals surface area contributed by atoms with Gasteiger partial charge in [0.1, 0.15) is 17.3 Å². The van der Waals surface area contributed by atoms with Gasteiger partial charge in [-0.3, -0.25) is 14.5 Å². The van der Waals surface area contributed by atoms with Crippen LogP contribution >= 0.6 is 0 Å². The van der Waals surface area contributed by atoms with Crippen molar-refractivity contribution in [3.05, 3.63) is 34.1 Å². The Morgan fingerprint density at radius 3 is 2.52 bits per heavy atom. The van der Waals surface area contributed by atoms with E-state index in [-0.39, 0.29) is 5.95 Å². The quantitative estimate of drug-likeness (QED) is 0.729. The molecule has 1 fully saturated rings. The number of halogens is 2. The highest BCUT2D eigenvalue weighted by Crippen LogP contribution is 2.25. The van der Waals surface area contributed by atoms with Gasteiger partial charge in [-0.05, 0) is 6.92 Å². The minimum Gasteiger partial charge on any atom is -0.352 e. The maximum atomic E-state index is 12.9. The summed E-state index contributed by atoms with van der Waals surface area (Å²) in [6.45, 7) is 4.06. The highest BCUT2D eigenvalue weighted by Gasteiger charge is 2.24. The van der Waals surface area contributed by atoms with E-state index in [1.165, 1.54) is 0 Å². The summed E-state index contributed by atoms with van der Waals surface area (Å²) in [5, 5.41) is 5.11. The van der Waals surface area contributed by atoms with Crippen LogP contribution < -0.4 is 15.4 Å². The maximum Gasteiger partial charge on any atom is 0.280 e. The third-order valence-corrected chi connectivity index (χ3v) is 4.54. The Morgan fingerprint density at radius 2 is 1.81 bits per heavy atom. The van der Waals surface area contributed by atoms with Gasteiger partial charge >= 0.3 is 0 Å². The molecule has 4 heterocycles. The summed E-state index contributed by atoms with van der Waals surface area (Å²) < 4.78 is 27.5. The van der Waals surface area contributed by atoms with Crippen LogP contribution in [0.3, 0.4) is 0 Å². The molecular formula is C16H18F2N8O. The summed E-state index contributed by atoms with van der Waals surface area (Å²) in [5.41, 5.74) is -0.337. The molecule has 0 unspecified atom stereocenters. The Morgan fingerprint density at radius 1 is 1.11 bits per heavy atom. The summed E-state index contributed by atoms with van der Waals surface area (Å²) in [4.78, 5) is 30.9. The SMILES string of the molecule is Cc1nc(N2CCN(c3nc(C(F)F)cc(=O)[nH]3)CC2)c2cnn(C)c2n1. The molecular weight excluding hydrogens is 358 g/mol. The van der Waals surface area contributed by atoms with E-state index in [1.807, 2.05) is 14.0 Å². The third-order valence-electron chi connectivity index (χ3n) is 4.54. The molecule has 1 saturated heterocycles. The summed E-state index contributed by atoms with van der Waals surface area (Å²) in [7, 11) is 1.83. The second-order valence-corrected chi connectivity index (χ2v) is 6.37. The first-order valence-corrected chi connectivity index (χ1v) is 8.48. The Balaban J connectivity index is 1.57. The van der Waals surface area contributed by atoms with Gasteiger partial charge in [0.15, 0.2) is 5.65 Å². The van der Waals surface area contributed by atoms with E-state index in [4.69, 9.17) is 0 Å². The minimum absolute atomic E-state index is 0.169. The van der Waals surface area contributed by atoms with Crippen LogP contribution in [-0.2, 0) is 7.05 Å². The average Bonchev–Trinajstić information content (AvgIpc) is 3.01. The molecule has 1 N–H and O–H groups in total. The highest BCUT2D eigenvalue weighted by molar-refractivity contribution is 5.87. The molecule has 9 nitrogen and oxygen atoms in total. The number of nitrogens with zero attached hydrogens (tertiary/aromatic N) is 7. The van der Waals surface area contributed by atoms with Crippen molar-refractivity contribution in [3.8, 4) is 0 Å². The zero-order valence-corrected chi connectivity index (χ0v) is 14.9. The number of piperazine rings is 1. The lowest BCUT2D eigenvalue weighted by molar-refractivity contribution is 0.146. The lowest BCUT2D eigenvalue weighted by atomic mass is 10.3. The third kappa shape index (κ3) is 3.20. The summed E-state index contributed by atoms with van der Waals surface area (Å²) in [6.07, 6.45) is -1.04. The van der Waals surface area contributed by atoms with Crippen molar-refractivity contribution in [1.29, 1.82) is 0 Å². The first kappa shape index (κ1) is 17.3. The van der Waals surface area contributed by atoms with Crippen molar-refractivity contribution in [1.82, 2.24) is 29.7 Å². The van der Waals surface area contributed by atoms with Crippen LogP contribution in [0, 0.1) is 6.92 Å². The number of fused-ring (bicyclic) bond motifs is 1. The van der Waals surface area contributed by atoms with Gasteiger partial charge in [0.05, 0.1) is 11.6 Å². The number of aryl methyl sites for hydroxylation is 2. The first-order chi connectivity index (χ1) is 12.9. The number of anilines is 2. The van der Waals surface area contributed by atoms with E-state index in [2.05, 4.69) is 29.9 Å². The van der Waals surface area contributed by atoms with E-state index in [0.717, 1.165) is 22.9 Å². The van der Waals surface area contributed by atoms with Crippen LogP contribution in [0.15, 0.2) is 17.1 Å². The highest BCUT2D eigenvalue weighted by atomic mass is 19.3. The number of alkyl halides is 2. The van der Waals surface area contributed by atoms with Gasteiger partial charge in [-0.1, -0.05) is 0 Å². The van der Waals surface area contributed by atoms with E-state index < -0.39 is 17.7 Å². The zero-order chi connectivity index (χ0) is 19.1. The predicted octanol–water partition coefficient (Wildman–Crippen LogP) is 1.02. The fourth-order valence-corrected chi connectivity index (χ4v) is 3.21. The van der Waals surface area contributed by atoms with E-state index >= 15 is 0 Å². The molecule has 0 saturated carbocycles. The van der Waals surface area contributed by atoms with Gasteiger partial charge < -0.3 is 9.80 Å². The zero-order valence-electron chi connectivity index (χ0n) is 14.9. The number of rotatable bonds is 3. The molecule has 142 valence electrons. The molecule has 0 aliphatic carbocycles. The van der Waals surface area contributed by atoms with Gasteiger partial charge in [0, 0.05) is 39.3 Å². The fourth-order valence-electron chi connectivity index (χ4n) is 3.21. The Bertz CT molecular complexity index is 1040. The standard InChI is InChI=1S/C16H18F2N8O/c1-9-20-14-10(8-19-24(14)2)15(21-9)25-3-5-26(6-4-25)16-22-11(13(17)18)7-12(27)23-16/h7-8,13H,3-6H2,1-2H3,(H,22,23,27). The first-order valence-electron chi connectivity index (χ1n) is 8.48. The maximum absolute atomic E-state index is 12.9. The van der Waals surface area contributed by atoms with Gasteiger partial charge in [0.2, 0.25) is 5.95 Å². The molecule has 27 heavy (non-hydrogen) atoms. The average molecular weight is 376 g/mol. The Hall–Kier alpha value is -3.11. The molecule has 3 aromatic rings. The normalized spacial score (nSPS) is 15.1. The van der Waals surface area contributed by atoms with Crippen molar-refractivity contribution >= 4 is 22.8 Å². The molecule has 0 aromatic carbocycles. The number of aromatic nitrogens is 6. The largest absolute Gasteiger partial charge is 0.352 e. The minimum atomic E-state index is -2.78. The van der Waals surface area contributed by atoms with Crippen molar-refractivity contribution in [3.63, 3.8) is 0 Å². The molecule has 1 aliphatic heterocycles. The second-order valence-electron chi connectivity index (χ2n) is 6.37. The van der Waals surface area contributed by atoms with E-state index in [0.29, 0.717) is 32.0 Å². The number of H-pyrrole nitrogens is 1. The number of aromatic amines is 1. The van der Waals surface area contributed by atoms with E-state index in [9.17, 15) is 13.6 Å². The van der Waals surface area contributed by atoms with Crippen LogP contribution in [0.5, 0.6) is 0 Å². The monoisotopic (exact) mass is 376 g/mol. The van der Waals surface area contributed by atoms with E-state index in [1.54, 1.807) is 15.8 Å². The van der Waals surface area contributed by atoms with Crippen LogP contribution in [0.25, 0.3) is 11.0 Å². The van der Waals surface area contributed by atoms with Crippen molar-refractivity contribution < 1.29 is 8.78 Å². The summed E-state index contributed by atoms with van der Waals surface area (Å²) in [5.74, 6) is 1.62. The number of hydrogen-bond donors (Lipinski definition) is 1. The number of hydrogen-bond acceptors (Lipinski definition) is 7. The van der Waals surface area contributed by atoms with Crippen LogP contribution in [0.4, 0.5) is 20.5 Å². The lowest BCUT2D eigenvalue weighted by Gasteiger charge is -2.35. The molecule has 0 radical (unpaired) electrons. The Kier molecular flexibility index (Phi) is 4.21. The van der Waals surface area contributed by atoms with Gasteiger partial charge in [-0.15, -0.1) is 0 Å². The van der Waals surface area contributed by atoms with Gasteiger partial charge in [-0.25, -0.2) is 23.7 Å². The summed E-state index contributed by atoms with van der Waals surface area (Å²) >= 11 is 0. The molecule has 0 bridgehead atoms. The topological polar surface area (TPSA) is 95.8 Å². The van der Waals surface area contributed by atoms with Crippen molar-refractivity contribution in [2.45, 2.75) is 13.3 Å². The molecule has 1 aliphatic rings. The fraction of sp³-hybridized carbons (Fsp3) is 0.438. The van der Waals surface area contributed by atoms with Crippen molar-refractivity contribution in [2.24, 2.45) is 7.05 Å². The van der Waals surface area contributed by atoms with Crippen LogP contribution in [-0.4, -0.2) is 55.9 Å². The van der Waals surface area contributed by atoms with Gasteiger partial charge in [-0.2, -0.15) is 5.10 Å². The second kappa shape index (κ2) is 6.56. The Labute approximate surface area is 152 Å².